The van der Waals surface area contributed by atoms with Crippen LogP contribution < -0.4 is 5.32 Å². The van der Waals surface area contributed by atoms with Crippen LogP contribution in [0.3, 0.4) is 0 Å². The summed E-state index contributed by atoms with van der Waals surface area (Å²) in [4.78, 5) is 0. The van der Waals surface area contributed by atoms with Crippen LogP contribution in [-0.4, -0.2) is 44.2 Å². The maximum absolute atomic E-state index is 11.8. The number of aliphatic hydroxyl groups is 1. The lowest BCUT2D eigenvalue weighted by molar-refractivity contribution is -0.173. The summed E-state index contributed by atoms with van der Waals surface area (Å²) in [7, 11) is 0. The van der Waals surface area contributed by atoms with Crippen molar-refractivity contribution in [1.29, 1.82) is 0 Å². The Morgan fingerprint density at radius 1 is 1.16 bits per heavy atom. The zero-order chi connectivity index (χ0) is 14.2. The molecule has 1 aliphatic rings. The van der Waals surface area contributed by atoms with Gasteiger partial charge in [0.15, 0.2) is 0 Å². The highest BCUT2D eigenvalue weighted by Crippen LogP contribution is 2.35. The Morgan fingerprint density at radius 2 is 1.84 bits per heavy atom. The lowest BCUT2D eigenvalue weighted by Crippen LogP contribution is -2.39. The SMILES string of the molecule is OCC1(CNCCCOCC(F)(F)F)CCCCC1. The minimum absolute atomic E-state index is 0.0227. The van der Waals surface area contributed by atoms with Crippen molar-refractivity contribution in [2.45, 2.75) is 44.7 Å². The summed E-state index contributed by atoms with van der Waals surface area (Å²) in [6.45, 7) is 0.485. The van der Waals surface area contributed by atoms with Gasteiger partial charge in [0.05, 0.1) is 0 Å². The third-order valence-corrected chi connectivity index (χ3v) is 3.66. The van der Waals surface area contributed by atoms with Crippen LogP contribution in [0.25, 0.3) is 0 Å². The van der Waals surface area contributed by atoms with Crippen LogP contribution in [-0.2, 0) is 4.74 Å². The van der Waals surface area contributed by atoms with Crippen molar-refractivity contribution in [3.05, 3.63) is 0 Å². The van der Waals surface area contributed by atoms with Gasteiger partial charge in [-0.05, 0) is 25.8 Å². The van der Waals surface area contributed by atoms with E-state index in [-0.39, 0.29) is 18.6 Å². The second-order valence-electron chi connectivity index (χ2n) is 5.42. The summed E-state index contributed by atoms with van der Waals surface area (Å²) in [5.41, 5.74) is -0.0227. The summed E-state index contributed by atoms with van der Waals surface area (Å²) < 4.78 is 39.9. The smallest absolute Gasteiger partial charge is 0.396 e. The normalized spacial score (nSPS) is 19.6. The van der Waals surface area contributed by atoms with Crippen LogP contribution in [0.1, 0.15) is 38.5 Å². The third-order valence-electron chi connectivity index (χ3n) is 3.66. The third kappa shape index (κ3) is 7.13. The van der Waals surface area contributed by atoms with Crippen molar-refractivity contribution < 1.29 is 23.0 Å². The highest BCUT2D eigenvalue weighted by molar-refractivity contribution is 4.84. The van der Waals surface area contributed by atoms with E-state index in [4.69, 9.17) is 0 Å². The van der Waals surface area contributed by atoms with Gasteiger partial charge < -0.3 is 15.2 Å². The van der Waals surface area contributed by atoms with Crippen molar-refractivity contribution in [2.75, 3.05) is 32.9 Å². The number of rotatable bonds is 8. The average Bonchev–Trinajstić information content (AvgIpc) is 2.37. The first-order valence-corrected chi connectivity index (χ1v) is 6.94. The molecule has 1 fully saturated rings. The molecule has 0 heterocycles. The molecule has 1 saturated carbocycles. The van der Waals surface area contributed by atoms with Crippen molar-refractivity contribution >= 4 is 0 Å². The maximum atomic E-state index is 11.8. The van der Waals surface area contributed by atoms with E-state index in [1.165, 1.54) is 6.42 Å². The Hall–Kier alpha value is -0.330. The van der Waals surface area contributed by atoms with Gasteiger partial charge in [0.1, 0.15) is 6.61 Å². The summed E-state index contributed by atoms with van der Waals surface area (Å²) in [6, 6.07) is 0. The highest BCUT2D eigenvalue weighted by Gasteiger charge is 2.30. The fourth-order valence-electron chi connectivity index (χ4n) is 2.53. The molecule has 0 atom stereocenters. The van der Waals surface area contributed by atoms with Gasteiger partial charge in [0.25, 0.3) is 0 Å². The molecule has 0 aromatic heterocycles. The minimum Gasteiger partial charge on any atom is -0.396 e. The van der Waals surface area contributed by atoms with Crippen molar-refractivity contribution in [1.82, 2.24) is 5.32 Å². The van der Waals surface area contributed by atoms with Crippen LogP contribution in [0.15, 0.2) is 0 Å². The van der Waals surface area contributed by atoms with E-state index in [9.17, 15) is 18.3 Å². The first-order valence-electron chi connectivity index (χ1n) is 6.94. The minimum atomic E-state index is -4.24. The van der Waals surface area contributed by atoms with Gasteiger partial charge in [-0.15, -0.1) is 0 Å². The quantitative estimate of drug-likeness (QED) is 0.672. The molecule has 19 heavy (non-hydrogen) atoms. The average molecular weight is 283 g/mol. The van der Waals surface area contributed by atoms with Crippen molar-refractivity contribution in [3.8, 4) is 0 Å². The van der Waals surface area contributed by atoms with Gasteiger partial charge >= 0.3 is 6.18 Å². The number of nitrogens with one attached hydrogen (secondary N) is 1. The topological polar surface area (TPSA) is 41.5 Å². The number of aliphatic hydroxyl groups excluding tert-OH is 1. The molecular formula is C13H24F3NO2. The summed E-state index contributed by atoms with van der Waals surface area (Å²) >= 11 is 0. The Labute approximate surface area is 112 Å². The molecule has 3 nitrogen and oxygen atoms in total. The molecule has 0 amide bonds. The molecule has 0 bridgehead atoms. The van der Waals surface area contributed by atoms with Crippen molar-refractivity contribution in [3.63, 3.8) is 0 Å². The monoisotopic (exact) mass is 283 g/mol. The number of hydrogen-bond donors (Lipinski definition) is 2. The van der Waals surface area contributed by atoms with E-state index >= 15 is 0 Å². The molecule has 0 unspecified atom stereocenters. The van der Waals surface area contributed by atoms with Crippen LogP contribution in [0.4, 0.5) is 13.2 Å². The predicted molar refractivity (Wildman–Crippen MR) is 67.0 cm³/mol. The van der Waals surface area contributed by atoms with Gasteiger partial charge in [-0.25, -0.2) is 0 Å². The number of alkyl halides is 3. The summed E-state index contributed by atoms with van der Waals surface area (Å²) in [6.07, 6.45) is 1.90. The van der Waals surface area contributed by atoms with E-state index in [1.807, 2.05) is 0 Å². The number of hydrogen-bond acceptors (Lipinski definition) is 3. The van der Waals surface area contributed by atoms with E-state index in [1.54, 1.807) is 0 Å². The van der Waals surface area contributed by atoms with Crippen LogP contribution >= 0.6 is 0 Å². The molecule has 6 heteroatoms. The van der Waals surface area contributed by atoms with Crippen LogP contribution in [0.5, 0.6) is 0 Å². The number of ether oxygens (including phenoxy) is 1. The van der Waals surface area contributed by atoms with Gasteiger partial charge in [0, 0.05) is 25.2 Å². The second-order valence-corrected chi connectivity index (χ2v) is 5.42. The Morgan fingerprint density at radius 3 is 2.42 bits per heavy atom. The summed E-state index contributed by atoms with van der Waals surface area (Å²) in [5.74, 6) is 0. The fraction of sp³-hybridized carbons (Fsp3) is 1.00. The largest absolute Gasteiger partial charge is 0.411 e. The van der Waals surface area contributed by atoms with E-state index < -0.39 is 12.8 Å². The zero-order valence-corrected chi connectivity index (χ0v) is 11.3. The van der Waals surface area contributed by atoms with Crippen LogP contribution in [0.2, 0.25) is 0 Å². The molecule has 0 aliphatic heterocycles. The van der Waals surface area contributed by atoms with Gasteiger partial charge in [0.2, 0.25) is 0 Å². The van der Waals surface area contributed by atoms with E-state index in [2.05, 4.69) is 10.1 Å². The lowest BCUT2D eigenvalue weighted by atomic mass is 9.74. The standard InChI is InChI=1S/C13H24F3NO2/c14-13(15,16)11-19-8-4-7-17-9-12(10-18)5-2-1-3-6-12/h17-18H,1-11H2. The molecule has 1 aliphatic carbocycles. The molecule has 0 radical (unpaired) electrons. The lowest BCUT2D eigenvalue weighted by Gasteiger charge is -2.35. The molecule has 0 aromatic rings. The Kier molecular flexibility index (Phi) is 7.10. The number of halogens is 3. The molecule has 0 spiro atoms. The molecule has 0 saturated heterocycles. The first-order chi connectivity index (χ1) is 8.97. The molecule has 1 rings (SSSR count). The Balaban J connectivity index is 2.03. The zero-order valence-electron chi connectivity index (χ0n) is 11.3. The summed E-state index contributed by atoms with van der Waals surface area (Å²) in [5, 5.41) is 12.7. The van der Waals surface area contributed by atoms with E-state index in [0.717, 1.165) is 32.2 Å². The van der Waals surface area contributed by atoms with Crippen LogP contribution in [0, 0.1) is 5.41 Å². The molecule has 2 N–H and O–H groups in total. The second kappa shape index (κ2) is 8.07. The highest BCUT2D eigenvalue weighted by atomic mass is 19.4. The molecular weight excluding hydrogens is 259 g/mol. The predicted octanol–water partition coefficient (Wildman–Crippen LogP) is 2.49. The van der Waals surface area contributed by atoms with Gasteiger partial charge in [-0.1, -0.05) is 19.3 Å². The van der Waals surface area contributed by atoms with E-state index in [0.29, 0.717) is 13.0 Å². The van der Waals surface area contributed by atoms with Crippen molar-refractivity contribution in [2.24, 2.45) is 5.41 Å². The van der Waals surface area contributed by atoms with Gasteiger partial charge in [-0.2, -0.15) is 13.2 Å². The molecule has 0 aromatic carbocycles. The molecule has 114 valence electrons. The van der Waals surface area contributed by atoms with Gasteiger partial charge in [-0.3, -0.25) is 0 Å². The fourth-order valence-corrected chi connectivity index (χ4v) is 2.53. The Bertz CT molecular complexity index is 241. The first kappa shape index (κ1) is 16.7. The maximum Gasteiger partial charge on any atom is 0.411 e.